The summed E-state index contributed by atoms with van der Waals surface area (Å²) in [4.78, 5) is 11.3. The molecule has 0 unspecified atom stereocenters. The fraction of sp³-hybridized carbons (Fsp3) is 0.286. The van der Waals surface area contributed by atoms with Gasteiger partial charge >= 0.3 is 5.97 Å². The number of benzene rings is 1. The summed E-state index contributed by atoms with van der Waals surface area (Å²) in [6.45, 7) is 3.99. The molecule has 0 fully saturated rings. The van der Waals surface area contributed by atoms with Crippen LogP contribution in [0.4, 0.5) is 0 Å². The minimum absolute atomic E-state index is 0.151. The highest BCUT2D eigenvalue weighted by molar-refractivity contribution is 5.95. The molecule has 5 heteroatoms. The molecule has 1 aromatic heterocycles. The smallest absolute Gasteiger partial charge is 0.336 e. The number of methoxy groups -OCH3 is 1. The first kappa shape index (κ1) is 13.1. The predicted octanol–water partition coefficient (Wildman–Crippen LogP) is 2.84. The standard InChI is InChI=1S/C14H16N2O3/c1-9(2)16-13(6-7-15-16)12-8-10(19-3)4-5-11(12)14(17)18/h4-9H,1-3H3,(H,17,18). The van der Waals surface area contributed by atoms with Crippen LogP contribution in [0.1, 0.15) is 30.2 Å². The molecule has 1 heterocycles. The minimum Gasteiger partial charge on any atom is -0.497 e. The summed E-state index contributed by atoms with van der Waals surface area (Å²) < 4.78 is 6.96. The fourth-order valence-corrected chi connectivity index (χ4v) is 1.99. The summed E-state index contributed by atoms with van der Waals surface area (Å²) in [5, 5.41) is 13.5. The molecular weight excluding hydrogens is 244 g/mol. The Labute approximate surface area is 111 Å². The quantitative estimate of drug-likeness (QED) is 0.918. The average molecular weight is 260 g/mol. The van der Waals surface area contributed by atoms with Crippen LogP contribution in [0.2, 0.25) is 0 Å². The third-order valence-corrected chi connectivity index (χ3v) is 2.89. The largest absolute Gasteiger partial charge is 0.497 e. The Morgan fingerprint density at radius 1 is 1.37 bits per heavy atom. The molecule has 0 atom stereocenters. The Hall–Kier alpha value is -2.30. The molecule has 0 aliphatic carbocycles. The van der Waals surface area contributed by atoms with Crippen LogP contribution in [-0.4, -0.2) is 28.0 Å². The molecule has 0 aliphatic heterocycles. The number of rotatable bonds is 4. The molecule has 19 heavy (non-hydrogen) atoms. The van der Waals surface area contributed by atoms with E-state index in [4.69, 9.17) is 4.74 Å². The molecule has 0 amide bonds. The lowest BCUT2D eigenvalue weighted by Crippen LogP contribution is -2.07. The van der Waals surface area contributed by atoms with E-state index in [1.807, 2.05) is 13.8 Å². The van der Waals surface area contributed by atoms with E-state index in [1.54, 1.807) is 42.3 Å². The zero-order valence-electron chi connectivity index (χ0n) is 11.1. The highest BCUT2D eigenvalue weighted by Gasteiger charge is 2.17. The van der Waals surface area contributed by atoms with Crippen LogP contribution >= 0.6 is 0 Å². The monoisotopic (exact) mass is 260 g/mol. The summed E-state index contributed by atoms with van der Waals surface area (Å²) in [5.74, 6) is -0.342. The van der Waals surface area contributed by atoms with Gasteiger partial charge in [-0.1, -0.05) is 0 Å². The Bertz CT molecular complexity index is 602. The normalized spacial score (nSPS) is 10.7. The molecule has 0 bridgehead atoms. The van der Waals surface area contributed by atoms with Crippen molar-refractivity contribution in [2.45, 2.75) is 19.9 Å². The van der Waals surface area contributed by atoms with E-state index in [0.717, 1.165) is 5.69 Å². The lowest BCUT2D eigenvalue weighted by molar-refractivity contribution is 0.0697. The molecule has 0 saturated carbocycles. The molecule has 0 radical (unpaired) electrons. The first-order chi connectivity index (χ1) is 9.04. The number of carbonyl (C=O) groups is 1. The Balaban J connectivity index is 2.65. The van der Waals surface area contributed by atoms with Crippen LogP contribution in [0.15, 0.2) is 30.5 Å². The van der Waals surface area contributed by atoms with Crippen LogP contribution in [0.5, 0.6) is 5.75 Å². The van der Waals surface area contributed by atoms with Crippen LogP contribution < -0.4 is 4.74 Å². The maximum Gasteiger partial charge on any atom is 0.336 e. The number of carboxylic acids is 1. The Morgan fingerprint density at radius 3 is 2.68 bits per heavy atom. The number of hydrogen-bond acceptors (Lipinski definition) is 3. The topological polar surface area (TPSA) is 64.3 Å². The van der Waals surface area contributed by atoms with Crippen molar-refractivity contribution in [1.29, 1.82) is 0 Å². The summed E-state index contributed by atoms with van der Waals surface area (Å²) in [7, 11) is 1.55. The molecule has 1 N–H and O–H groups in total. The van der Waals surface area contributed by atoms with Gasteiger partial charge in [-0.05, 0) is 38.1 Å². The van der Waals surface area contributed by atoms with E-state index >= 15 is 0 Å². The van der Waals surface area contributed by atoms with E-state index in [2.05, 4.69) is 5.10 Å². The fourth-order valence-electron chi connectivity index (χ4n) is 1.99. The van der Waals surface area contributed by atoms with Crippen LogP contribution in [0.25, 0.3) is 11.3 Å². The Morgan fingerprint density at radius 2 is 2.11 bits per heavy atom. The minimum atomic E-state index is -0.964. The summed E-state index contributed by atoms with van der Waals surface area (Å²) >= 11 is 0. The number of carboxylic acid groups (broad SMARTS) is 1. The number of nitrogens with zero attached hydrogens (tertiary/aromatic N) is 2. The SMILES string of the molecule is COc1ccc(C(=O)O)c(-c2ccnn2C(C)C)c1. The van der Waals surface area contributed by atoms with Gasteiger partial charge in [0.05, 0.1) is 18.4 Å². The predicted molar refractivity (Wildman–Crippen MR) is 71.6 cm³/mol. The first-order valence-corrected chi connectivity index (χ1v) is 5.99. The summed E-state index contributed by atoms with van der Waals surface area (Å²) in [6, 6.07) is 6.87. The van der Waals surface area contributed by atoms with Crippen molar-refractivity contribution in [3.63, 3.8) is 0 Å². The van der Waals surface area contributed by atoms with Crippen molar-refractivity contribution < 1.29 is 14.6 Å². The molecule has 2 aromatic rings. The number of hydrogen-bond donors (Lipinski definition) is 1. The van der Waals surface area contributed by atoms with Crippen LogP contribution in [-0.2, 0) is 0 Å². The van der Waals surface area contributed by atoms with Crippen LogP contribution in [0.3, 0.4) is 0 Å². The average Bonchev–Trinajstić information content (AvgIpc) is 2.87. The second kappa shape index (κ2) is 5.14. The molecule has 0 aliphatic rings. The van der Waals surface area contributed by atoms with Crippen LogP contribution in [0, 0.1) is 0 Å². The van der Waals surface area contributed by atoms with E-state index in [0.29, 0.717) is 11.3 Å². The molecule has 0 spiro atoms. The molecule has 5 nitrogen and oxygen atoms in total. The van der Waals surface area contributed by atoms with E-state index in [-0.39, 0.29) is 11.6 Å². The summed E-state index contributed by atoms with van der Waals surface area (Å²) in [5.41, 5.74) is 1.62. The van der Waals surface area contributed by atoms with Gasteiger partial charge in [-0.3, -0.25) is 4.68 Å². The van der Waals surface area contributed by atoms with Gasteiger partial charge in [-0.2, -0.15) is 5.10 Å². The zero-order chi connectivity index (χ0) is 14.0. The zero-order valence-corrected chi connectivity index (χ0v) is 11.1. The van der Waals surface area contributed by atoms with Gasteiger partial charge in [0.1, 0.15) is 5.75 Å². The molecule has 0 saturated heterocycles. The van der Waals surface area contributed by atoms with Gasteiger partial charge in [0.15, 0.2) is 0 Å². The van der Waals surface area contributed by atoms with Gasteiger partial charge in [0, 0.05) is 17.8 Å². The number of aromatic nitrogens is 2. The summed E-state index contributed by atoms with van der Waals surface area (Å²) in [6.07, 6.45) is 1.67. The molecule has 1 aromatic carbocycles. The van der Waals surface area contributed by atoms with Gasteiger partial charge in [-0.25, -0.2) is 4.79 Å². The highest BCUT2D eigenvalue weighted by Crippen LogP contribution is 2.29. The van der Waals surface area contributed by atoms with Crippen molar-refractivity contribution in [2.75, 3.05) is 7.11 Å². The molecular formula is C14H16N2O3. The maximum absolute atomic E-state index is 11.3. The first-order valence-electron chi connectivity index (χ1n) is 5.99. The van der Waals surface area contributed by atoms with Crippen molar-refractivity contribution in [3.8, 4) is 17.0 Å². The third kappa shape index (κ3) is 2.45. The van der Waals surface area contributed by atoms with Crippen molar-refractivity contribution in [1.82, 2.24) is 9.78 Å². The van der Waals surface area contributed by atoms with E-state index in [1.165, 1.54) is 0 Å². The third-order valence-electron chi connectivity index (χ3n) is 2.89. The number of aromatic carboxylic acids is 1. The van der Waals surface area contributed by atoms with Crippen molar-refractivity contribution in [3.05, 3.63) is 36.0 Å². The van der Waals surface area contributed by atoms with Gasteiger partial charge in [0.25, 0.3) is 0 Å². The molecule has 100 valence electrons. The van der Waals surface area contributed by atoms with Gasteiger partial charge < -0.3 is 9.84 Å². The maximum atomic E-state index is 11.3. The van der Waals surface area contributed by atoms with Gasteiger partial charge in [-0.15, -0.1) is 0 Å². The number of ether oxygens (including phenoxy) is 1. The van der Waals surface area contributed by atoms with Crippen molar-refractivity contribution >= 4 is 5.97 Å². The van der Waals surface area contributed by atoms with E-state index in [9.17, 15) is 9.90 Å². The second-order valence-electron chi connectivity index (χ2n) is 4.47. The Kier molecular flexibility index (Phi) is 3.55. The highest BCUT2D eigenvalue weighted by atomic mass is 16.5. The van der Waals surface area contributed by atoms with Crippen molar-refractivity contribution in [2.24, 2.45) is 0 Å². The molecule has 2 rings (SSSR count). The van der Waals surface area contributed by atoms with E-state index < -0.39 is 5.97 Å². The van der Waals surface area contributed by atoms with Gasteiger partial charge in [0.2, 0.25) is 0 Å². The lowest BCUT2D eigenvalue weighted by Gasteiger charge is -2.13. The second-order valence-corrected chi connectivity index (χ2v) is 4.47. The lowest BCUT2D eigenvalue weighted by atomic mass is 10.0.